The van der Waals surface area contributed by atoms with Crippen LogP contribution in [0.25, 0.3) is 0 Å². The largest absolute Gasteiger partial charge is 0.493 e. The van der Waals surface area contributed by atoms with Crippen molar-refractivity contribution >= 4 is 17.2 Å². The summed E-state index contributed by atoms with van der Waals surface area (Å²) < 4.78 is 31.0. The van der Waals surface area contributed by atoms with Crippen molar-refractivity contribution in [2.45, 2.75) is 20.3 Å². The lowest BCUT2D eigenvalue weighted by Crippen LogP contribution is -2.31. The number of hydrogen-bond donors (Lipinski definition) is 1. The maximum atomic E-state index is 12.9. The summed E-state index contributed by atoms with van der Waals surface area (Å²) in [6, 6.07) is 3.07. The van der Waals surface area contributed by atoms with Crippen molar-refractivity contribution in [1.82, 2.24) is 0 Å². The molecule has 0 aromatic heterocycles. The van der Waals surface area contributed by atoms with Crippen LogP contribution in [-0.4, -0.2) is 11.6 Å². The van der Waals surface area contributed by atoms with Gasteiger partial charge in [0.15, 0.2) is 0 Å². The Bertz CT molecular complexity index is 401. The monoisotopic (exact) mass is 259 g/mol. The van der Waals surface area contributed by atoms with Gasteiger partial charge in [0.05, 0.1) is 11.6 Å². The molecule has 17 heavy (non-hydrogen) atoms. The second-order valence-electron chi connectivity index (χ2n) is 4.45. The fourth-order valence-electron chi connectivity index (χ4n) is 1.16. The molecular weight excluding hydrogens is 244 g/mol. The second kappa shape index (κ2) is 5.40. The second-order valence-corrected chi connectivity index (χ2v) is 4.89. The average molecular weight is 259 g/mol. The van der Waals surface area contributed by atoms with Crippen molar-refractivity contribution < 1.29 is 13.5 Å². The van der Waals surface area contributed by atoms with Crippen LogP contribution >= 0.6 is 12.2 Å². The Balaban J connectivity index is 2.54. The highest BCUT2D eigenvalue weighted by Crippen LogP contribution is 2.22. The molecule has 94 valence electrons. The first-order chi connectivity index (χ1) is 7.81. The molecule has 1 aromatic rings. The molecule has 0 amide bonds. The highest BCUT2D eigenvalue weighted by atomic mass is 32.1. The molecule has 0 radical (unpaired) electrons. The number of hydrogen-bond acceptors (Lipinski definition) is 2. The maximum absolute atomic E-state index is 12.9. The predicted molar refractivity (Wildman–Crippen MR) is 67.0 cm³/mol. The third kappa shape index (κ3) is 4.26. The van der Waals surface area contributed by atoms with Gasteiger partial charge < -0.3 is 10.5 Å². The Hall–Kier alpha value is -1.23. The number of rotatable bonds is 5. The molecule has 0 unspecified atom stereocenters. The van der Waals surface area contributed by atoms with Crippen LogP contribution in [-0.2, 0) is 0 Å². The lowest BCUT2D eigenvalue weighted by molar-refractivity contribution is 0.268. The third-order valence-corrected chi connectivity index (χ3v) is 3.05. The summed E-state index contributed by atoms with van der Waals surface area (Å²) >= 11 is 4.91. The fraction of sp³-hybridized carbons (Fsp3) is 0.417. The van der Waals surface area contributed by atoms with Gasteiger partial charge in [-0.1, -0.05) is 26.1 Å². The molecule has 0 spiro atoms. The molecule has 0 saturated heterocycles. The molecule has 2 N–H and O–H groups in total. The van der Waals surface area contributed by atoms with Crippen LogP contribution in [0.2, 0.25) is 0 Å². The molecule has 1 aromatic carbocycles. The molecule has 5 heteroatoms. The predicted octanol–water partition coefficient (Wildman–Crippen LogP) is 3.05. The minimum Gasteiger partial charge on any atom is -0.493 e. The fourth-order valence-corrected chi connectivity index (χ4v) is 1.26. The molecular formula is C12H15F2NOS. The molecule has 0 fully saturated rings. The van der Waals surface area contributed by atoms with E-state index in [9.17, 15) is 8.78 Å². The molecule has 0 aliphatic heterocycles. The van der Waals surface area contributed by atoms with Gasteiger partial charge >= 0.3 is 0 Å². The Kier molecular flexibility index (Phi) is 4.40. The zero-order valence-electron chi connectivity index (χ0n) is 9.80. The van der Waals surface area contributed by atoms with Crippen LogP contribution in [0.15, 0.2) is 18.2 Å². The number of thiocarbonyl (C=S) groups is 1. The van der Waals surface area contributed by atoms with Crippen molar-refractivity contribution in [3.05, 3.63) is 29.8 Å². The molecule has 1 rings (SSSR count). The van der Waals surface area contributed by atoms with E-state index in [1.807, 2.05) is 13.8 Å². The molecule has 0 aliphatic carbocycles. The first kappa shape index (κ1) is 13.8. The Labute approximate surface area is 105 Å². The van der Waals surface area contributed by atoms with E-state index in [0.717, 1.165) is 18.2 Å². The van der Waals surface area contributed by atoms with Crippen LogP contribution < -0.4 is 10.5 Å². The van der Waals surface area contributed by atoms with Gasteiger partial charge in [-0.3, -0.25) is 0 Å². The first-order valence-electron chi connectivity index (χ1n) is 5.20. The minimum absolute atomic E-state index is 0.168. The van der Waals surface area contributed by atoms with Crippen molar-refractivity contribution in [3.8, 4) is 5.75 Å². The summed E-state index contributed by atoms with van der Waals surface area (Å²) in [5.41, 5.74) is 5.22. The Morgan fingerprint density at radius 1 is 1.29 bits per heavy atom. The smallest absolute Gasteiger partial charge is 0.129 e. The molecule has 0 bridgehead atoms. The van der Waals surface area contributed by atoms with Crippen LogP contribution in [0.1, 0.15) is 20.3 Å². The van der Waals surface area contributed by atoms with Crippen LogP contribution in [0.4, 0.5) is 8.78 Å². The van der Waals surface area contributed by atoms with Crippen molar-refractivity contribution in [1.29, 1.82) is 0 Å². The summed E-state index contributed by atoms with van der Waals surface area (Å²) in [6.45, 7) is 4.09. The summed E-state index contributed by atoms with van der Waals surface area (Å²) in [4.78, 5) is 0.395. The lowest BCUT2D eigenvalue weighted by Gasteiger charge is -2.22. The van der Waals surface area contributed by atoms with E-state index in [2.05, 4.69) is 0 Å². The minimum atomic E-state index is -0.659. The van der Waals surface area contributed by atoms with Crippen molar-refractivity contribution in [3.63, 3.8) is 0 Å². The normalized spacial score (nSPS) is 11.3. The van der Waals surface area contributed by atoms with Gasteiger partial charge in [0, 0.05) is 23.6 Å². The van der Waals surface area contributed by atoms with Gasteiger partial charge in [-0.25, -0.2) is 8.78 Å². The van der Waals surface area contributed by atoms with Crippen LogP contribution in [0, 0.1) is 17.0 Å². The zero-order valence-corrected chi connectivity index (χ0v) is 10.6. The quantitative estimate of drug-likeness (QED) is 0.825. The molecule has 0 aliphatic rings. The molecule has 0 atom stereocenters. The number of benzene rings is 1. The summed E-state index contributed by atoms with van der Waals surface area (Å²) in [5.74, 6) is -1.15. The van der Waals surface area contributed by atoms with Gasteiger partial charge in [-0.05, 0) is 6.42 Å². The van der Waals surface area contributed by atoms with Crippen LogP contribution in [0.5, 0.6) is 5.75 Å². The summed E-state index contributed by atoms with van der Waals surface area (Å²) in [6.07, 6.45) is 0.584. The van der Waals surface area contributed by atoms with E-state index < -0.39 is 11.6 Å². The van der Waals surface area contributed by atoms with Gasteiger partial charge in [0.2, 0.25) is 0 Å². The van der Waals surface area contributed by atoms with Crippen LogP contribution in [0.3, 0.4) is 0 Å². The molecule has 0 heterocycles. The molecule has 2 nitrogen and oxygen atoms in total. The lowest BCUT2D eigenvalue weighted by atomic mass is 9.90. The SMILES string of the molecule is CC(C)(CCOc1cc(F)cc(F)c1)C(N)=S. The van der Waals surface area contributed by atoms with Gasteiger partial charge in [0.1, 0.15) is 17.4 Å². The van der Waals surface area contributed by atoms with E-state index in [0.29, 0.717) is 18.0 Å². The summed E-state index contributed by atoms with van der Waals surface area (Å²) in [5, 5.41) is 0. The molecule has 0 saturated carbocycles. The van der Waals surface area contributed by atoms with E-state index in [4.69, 9.17) is 22.7 Å². The van der Waals surface area contributed by atoms with E-state index >= 15 is 0 Å². The highest BCUT2D eigenvalue weighted by Gasteiger charge is 2.21. The maximum Gasteiger partial charge on any atom is 0.129 e. The van der Waals surface area contributed by atoms with Crippen molar-refractivity contribution in [2.75, 3.05) is 6.61 Å². The number of halogens is 2. The summed E-state index contributed by atoms with van der Waals surface area (Å²) in [7, 11) is 0. The van der Waals surface area contributed by atoms with Gasteiger partial charge in [-0.2, -0.15) is 0 Å². The standard InChI is InChI=1S/C12H15F2NOS/c1-12(2,11(15)17)3-4-16-10-6-8(13)5-9(14)7-10/h5-7H,3-4H2,1-2H3,(H2,15,17). The topological polar surface area (TPSA) is 35.2 Å². The number of ether oxygens (including phenoxy) is 1. The first-order valence-corrected chi connectivity index (χ1v) is 5.61. The van der Waals surface area contributed by atoms with Gasteiger partial charge in [-0.15, -0.1) is 0 Å². The average Bonchev–Trinajstić information content (AvgIpc) is 2.15. The van der Waals surface area contributed by atoms with E-state index in [1.54, 1.807) is 0 Å². The number of nitrogens with two attached hydrogens (primary N) is 1. The Morgan fingerprint density at radius 3 is 2.29 bits per heavy atom. The van der Waals surface area contributed by atoms with Gasteiger partial charge in [0.25, 0.3) is 0 Å². The highest BCUT2D eigenvalue weighted by molar-refractivity contribution is 7.80. The Morgan fingerprint density at radius 2 is 1.82 bits per heavy atom. The third-order valence-electron chi connectivity index (χ3n) is 2.50. The van der Waals surface area contributed by atoms with E-state index in [1.165, 1.54) is 0 Å². The zero-order chi connectivity index (χ0) is 13.1. The van der Waals surface area contributed by atoms with Crippen molar-refractivity contribution in [2.24, 2.45) is 11.1 Å². The van der Waals surface area contributed by atoms with E-state index in [-0.39, 0.29) is 11.2 Å².